The van der Waals surface area contributed by atoms with E-state index in [4.69, 9.17) is 9.47 Å². The van der Waals surface area contributed by atoms with E-state index in [-0.39, 0.29) is 35.6 Å². The molecule has 13 heteroatoms. The molecule has 0 atom stereocenters. The molecular weight excluding hydrogens is 380 g/mol. The van der Waals surface area contributed by atoms with Gasteiger partial charge in [0, 0.05) is 12.6 Å². The van der Waals surface area contributed by atoms with E-state index in [9.17, 15) is 18.0 Å². The predicted octanol–water partition coefficient (Wildman–Crippen LogP) is 0.498. The van der Waals surface area contributed by atoms with Crippen molar-refractivity contribution >= 4 is 28.0 Å². The van der Waals surface area contributed by atoms with Crippen LogP contribution in [0.2, 0.25) is 0 Å². The molecule has 0 fully saturated rings. The minimum Gasteiger partial charge on any atom is -0.481 e. The van der Waals surface area contributed by atoms with Crippen LogP contribution in [-0.2, 0) is 10.2 Å². The van der Waals surface area contributed by atoms with Crippen LogP contribution in [0.1, 0.15) is 23.8 Å². The number of carbonyl (C=O) groups is 2. The summed E-state index contributed by atoms with van der Waals surface area (Å²) in [5.74, 6) is -0.299. The number of hydrogen-bond acceptors (Lipinski definition) is 8. The number of ketones is 1. The highest BCUT2D eigenvalue weighted by Crippen LogP contribution is 2.17. The third-order valence-corrected chi connectivity index (χ3v) is 4.02. The van der Waals surface area contributed by atoms with Gasteiger partial charge in [0.1, 0.15) is 5.69 Å². The zero-order valence-corrected chi connectivity index (χ0v) is 15.5. The number of Topliss-reactive ketones (excluding diaryl/α,β-unsaturated/α-hetero) is 1. The van der Waals surface area contributed by atoms with E-state index in [0.29, 0.717) is 0 Å². The summed E-state index contributed by atoms with van der Waals surface area (Å²) < 4.78 is 36.8. The summed E-state index contributed by atoms with van der Waals surface area (Å²) in [6.45, 7) is 1.64. The van der Waals surface area contributed by atoms with Gasteiger partial charge in [-0.2, -0.15) is 18.4 Å². The number of methoxy groups -OCH3 is 2. The standard InChI is InChI=1S/C14H18N6O6S/c1-4-10(21)9-6-5-7-20(9)19-27(23,24)18-14(22)17-13-15-11(25-2)8-12(16-13)26-3/h5-8,19H,4H2,1-3H3,(H2,15,16,17,18,22). The third-order valence-electron chi connectivity index (χ3n) is 3.12. The molecule has 0 saturated carbocycles. The van der Waals surface area contributed by atoms with Crippen LogP contribution >= 0.6 is 0 Å². The molecule has 0 aliphatic heterocycles. The zero-order chi connectivity index (χ0) is 20.0. The number of nitrogens with one attached hydrogen (secondary N) is 3. The van der Waals surface area contributed by atoms with Crippen molar-refractivity contribution in [2.24, 2.45) is 0 Å². The predicted molar refractivity (Wildman–Crippen MR) is 94.6 cm³/mol. The minimum atomic E-state index is -4.34. The first-order chi connectivity index (χ1) is 12.8. The molecule has 12 nitrogen and oxygen atoms in total. The normalized spacial score (nSPS) is 10.8. The highest BCUT2D eigenvalue weighted by molar-refractivity contribution is 7.90. The fraction of sp³-hybridized carbons (Fsp3) is 0.286. The minimum absolute atomic E-state index is 0.105. The van der Waals surface area contributed by atoms with Gasteiger partial charge in [-0.05, 0) is 12.1 Å². The van der Waals surface area contributed by atoms with Crippen molar-refractivity contribution in [3.8, 4) is 11.8 Å². The van der Waals surface area contributed by atoms with Crippen molar-refractivity contribution in [1.29, 1.82) is 0 Å². The van der Waals surface area contributed by atoms with Crippen molar-refractivity contribution in [3.63, 3.8) is 0 Å². The van der Waals surface area contributed by atoms with Crippen LogP contribution in [0, 0.1) is 0 Å². The van der Waals surface area contributed by atoms with Gasteiger partial charge >= 0.3 is 16.2 Å². The Labute approximate surface area is 155 Å². The van der Waals surface area contributed by atoms with Crippen LogP contribution in [0.25, 0.3) is 0 Å². The van der Waals surface area contributed by atoms with E-state index in [2.05, 4.69) is 15.3 Å². The summed E-state index contributed by atoms with van der Waals surface area (Å²) in [6.07, 6.45) is 1.52. The number of aromatic nitrogens is 3. The Kier molecular flexibility index (Phi) is 6.18. The van der Waals surface area contributed by atoms with Gasteiger partial charge in [-0.3, -0.25) is 10.1 Å². The highest BCUT2D eigenvalue weighted by atomic mass is 32.2. The quantitative estimate of drug-likeness (QED) is 0.543. The van der Waals surface area contributed by atoms with Gasteiger partial charge in [-0.1, -0.05) is 6.92 Å². The topological polar surface area (TPSA) is 154 Å². The van der Waals surface area contributed by atoms with Crippen molar-refractivity contribution in [1.82, 2.24) is 19.4 Å². The van der Waals surface area contributed by atoms with Crippen LogP contribution in [-0.4, -0.2) is 49.1 Å². The fourth-order valence-electron chi connectivity index (χ4n) is 1.94. The molecule has 2 rings (SSSR count). The van der Waals surface area contributed by atoms with Crippen molar-refractivity contribution in [2.45, 2.75) is 13.3 Å². The molecule has 3 N–H and O–H groups in total. The number of rotatable bonds is 8. The Bertz CT molecular complexity index is 919. The Morgan fingerprint density at radius 3 is 2.37 bits per heavy atom. The number of carbonyl (C=O) groups excluding carboxylic acids is 2. The molecule has 0 aromatic carbocycles. The molecule has 0 saturated heterocycles. The lowest BCUT2D eigenvalue weighted by Gasteiger charge is -2.13. The van der Waals surface area contributed by atoms with Crippen LogP contribution < -0.4 is 24.3 Å². The van der Waals surface area contributed by atoms with E-state index in [0.717, 1.165) is 4.68 Å². The second-order valence-electron chi connectivity index (χ2n) is 4.97. The second kappa shape index (κ2) is 8.35. The second-order valence-corrected chi connectivity index (χ2v) is 6.36. The maximum atomic E-state index is 12.1. The first kappa shape index (κ1) is 20.0. The Hall–Kier alpha value is -3.35. The van der Waals surface area contributed by atoms with E-state index in [1.807, 2.05) is 4.83 Å². The maximum Gasteiger partial charge on any atom is 0.338 e. The summed E-state index contributed by atoms with van der Waals surface area (Å²) in [7, 11) is -1.63. The lowest BCUT2D eigenvalue weighted by molar-refractivity contribution is 0.0981. The van der Waals surface area contributed by atoms with Crippen molar-refractivity contribution in [2.75, 3.05) is 24.4 Å². The summed E-state index contributed by atoms with van der Waals surface area (Å²) >= 11 is 0. The molecule has 2 heterocycles. The summed E-state index contributed by atoms with van der Waals surface area (Å²) in [5, 5.41) is 2.15. The van der Waals surface area contributed by atoms with Crippen LogP contribution in [0.15, 0.2) is 24.4 Å². The Morgan fingerprint density at radius 1 is 1.19 bits per heavy atom. The molecule has 2 aromatic heterocycles. The average molecular weight is 398 g/mol. The molecule has 0 aliphatic rings. The van der Waals surface area contributed by atoms with Gasteiger partial charge in [0.05, 0.1) is 20.3 Å². The van der Waals surface area contributed by atoms with E-state index in [1.54, 1.807) is 11.6 Å². The summed E-state index contributed by atoms with van der Waals surface area (Å²) in [5.41, 5.74) is 0.129. The van der Waals surface area contributed by atoms with Crippen LogP contribution in [0.5, 0.6) is 11.8 Å². The number of urea groups is 1. The third kappa shape index (κ3) is 5.31. The molecule has 2 amide bonds. The average Bonchev–Trinajstić information content (AvgIpc) is 3.07. The molecule has 0 unspecified atom stereocenters. The van der Waals surface area contributed by atoms with Crippen LogP contribution in [0.3, 0.4) is 0 Å². The summed E-state index contributed by atoms with van der Waals surface area (Å²) in [6, 6.07) is 3.18. The Morgan fingerprint density at radius 2 is 1.81 bits per heavy atom. The first-order valence-electron chi connectivity index (χ1n) is 7.57. The zero-order valence-electron chi connectivity index (χ0n) is 14.7. The maximum absolute atomic E-state index is 12.1. The molecule has 0 aliphatic carbocycles. The van der Waals surface area contributed by atoms with Gasteiger partial charge in [0.15, 0.2) is 5.78 Å². The van der Waals surface area contributed by atoms with Crippen molar-refractivity contribution in [3.05, 3.63) is 30.1 Å². The number of hydrogen-bond donors (Lipinski definition) is 3. The molecule has 2 aromatic rings. The molecule has 146 valence electrons. The SMILES string of the molecule is CCC(=O)c1cccn1NS(=O)(=O)NC(=O)Nc1nc(OC)cc(OC)n1. The number of ether oxygens (including phenoxy) is 2. The summed E-state index contributed by atoms with van der Waals surface area (Å²) in [4.78, 5) is 33.5. The van der Waals surface area contributed by atoms with Gasteiger partial charge < -0.3 is 9.47 Å². The largest absolute Gasteiger partial charge is 0.481 e. The fourth-order valence-corrected chi connectivity index (χ4v) is 2.70. The molecular formula is C14H18N6O6S. The van der Waals surface area contributed by atoms with E-state index in [1.165, 1.54) is 38.6 Å². The molecule has 27 heavy (non-hydrogen) atoms. The lowest BCUT2D eigenvalue weighted by atomic mass is 10.2. The first-order valence-corrected chi connectivity index (χ1v) is 9.05. The molecule has 0 spiro atoms. The number of nitrogens with zero attached hydrogens (tertiary/aromatic N) is 3. The smallest absolute Gasteiger partial charge is 0.338 e. The van der Waals surface area contributed by atoms with Crippen LogP contribution in [0.4, 0.5) is 10.7 Å². The van der Waals surface area contributed by atoms with Gasteiger partial charge in [0.25, 0.3) is 0 Å². The van der Waals surface area contributed by atoms with Gasteiger partial charge in [-0.25, -0.2) is 19.0 Å². The molecule has 0 radical (unpaired) electrons. The van der Waals surface area contributed by atoms with Crippen molar-refractivity contribution < 1.29 is 27.5 Å². The monoisotopic (exact) mass is 398 g/mol. The molecule has 0 bridgehead atoms. The highest BCUT2D eigenvalue weighted by Gasteiger charge is 2.18. The number of anilines is 1. The Balaban J connectivity index is 2.09. The van der Waals surface area contributed by atoms with E-state index >= 15 is 0 Å². The number of amides is 2. The lowest BCUT2D eigenvalue weighted by Crippen LogP contribution is -2.41. The van der Waals surface area contributed by atoms with E-state index < -0.39 is 16.2 Å². The van der Waals surface area contributed by atoms with Gasteiger partial charge in [0.2, 0.25) is 17.7 Å². The van der Waals surface area contributed by atoms with Gasteiger partial charge in [-0.15, -0.1) is 0 Å².